The van der Waals surface area contributed by atoms with E-state index in [1.807, 2.05) is 55.5 Å². The van der Waals surface area contributed by atoms with Crippen molar-refractivity contribution in [3.63, 3.8) is 0 Å². The van der Waals surface area contributed by atoms with Crippen LogP contribution in [0.4, 0.5) is 0 Å². The highest BCUT2D eigenvalue weighted by atomic mass is 16.5. The molecule has 0 aromatic heterocycles. The second kappa shape index (κ2) is 9.43. The van der Waals surface area contributed by atoms with Crippen LogP contribution >= 0.6 is 0 Å². The third-order valence-electron chi connectivity index (χ3n) is 4.82. The summed E-state index contributed by atoms with van der Waals surface area (Å²) in [5.74, 6) is 1.12. The standard InChI is InChI=1S/C22H26N2O5/c1-4-29-22-21(26)23(13-16-5-9-18(27-2)10-6-16)15-20(25)24(22)14-17-7-11-19(28-3)12-8-17/h5-12,22H,4,13-15H2,1-3H3. The van der Waals surface area contributed by atoms with Gasteiger partial charge >= 0.3 is 0 Å². The van der Waals surface area contributed by atoms with Gasteiger partial charge in [-0.15, -0.1) is 0 Å². The highest BCUT2D eigenvalue weighted by Gasteiger charge is 2.39. The minimum absolute atomic E-state index is 0.0184. The average molecular weight is 398 g/mol. The number of carbonyl (C=O) groups is 2. The normalized spacial score (nSPS) is 16.9. The Morgan fingerprint density at radius 2 is 1.38 bits per heavy atom. The van der Waals surface area contributed by atoms with Crippen LogP contribution in [0.15, 0.2) is 48.5 Å². The van der Waals surface area contributed by atoms with Crippen molar-refractivity contribution in [2.45, 2.75) is 26.2 Å². The zero-order chi connectivity index (χ0) is 20.8. The third kappa shape index (κ3) is 4.86. The number of piperazine rings is 1. The number of rotatable bonds is 8. The maximum Gasteiger partial charge on any atom is 0.273 e. The van der Waals surface area contributed by atoms with Crippen molar-refractivity contribution < 1.29 is 23.8 Å². The molecule has 3 rings (SSSR count). The van der Waals surface area contributed by atoms with Crippen LogP contribution < -0.4 is 9.47 Å². The van der Waals surface area contributed by atoms with Gasteiger partial charge in [0, 0.05) is 19.7 Å². The zero-order valence-electron chi connectivity index (χ0n) is 17.0. The van der Waals surface area contributed by atoms with E-state index in [4.69, 9.17) is 14.2 Å². The summed E-state index contributed by atoms with van der Waals surface area (Å²) in [6.07, 6.45) is -0.929. The number of benzene rings is 2. The smallest absolute Gasteiger partial charge is 0.273 e. The van der Waals surface area contributed by atoms with Crippen LogP contribution in [0.5, 0.6) is 11.5 Å². The molecule has 154 valence electrons. The second-order valence-electron chi connectivity index (χ2n) is 6.72. The van der Waals surface area contributed by atoms with Gasteiger partial charge in [0.05, 0.1) is 14.2 Å². The van der Waals surface area contributed by atoms with Crippen molar-refractivity contribution >= 4 is 11.8 Å². The zero-order valence-corrected chi connectivity index (χ0v) is 17.0. The molecule has 1 heterocycles. The number of ether oxygens (including phenoxy) is 3. The molecule has 2 aromatic carbocycles. The Morgan fingerprint density at radius 3 is 1.86 bits per heavy atom. The van der Waals surface area contributed by atoms with Gasteiger partial charge in [0.25, 0.3) is 5.91 Å². The summed E-state index contributed by atoms with van der Waals surface area (Å²) in [6.45, 7) is 2.81. The van der Waals surface area contributed by atoms with Crippen LogP contribution in [0, 0.1) is 0 Å². The van der Waals surface area contributed by atoms with E-state index in [9.17, 15) is 9.59 Å². The number of hydrogen-bond donors (Lipinski definition) is 0. The highest BCUT2D eigenvalue weighted by Crippen LogP contribution is 2.21. The van der Waals surface area contributed by atoms with E-state index < -0.39 is 6.23 Å². The molecule has 0 bridgehead atoms. The van der Waals surface area contributed by atoms with Gasteiger partial charge in [-0.3, -0.25) is 9.59 Å². The molecule has 1 atom stereocenters. The predicted molar refractivity (Wildman–Crippen MR) is 107 cm³/mol. The molecule has 1 unspecified atom stereocenters. The van der Waals surface area contributed by atoms with Gasteiger partial charge in [0.2, 0.25) is 12.1 Å². The predicted octanol–water partition coefficient (Wildman–Crippen LogP) is 2.44. The maximum absolute atomic E-state index is 13.1. The molecule has 1 fully saturated rings. The van der Waals surface area contributed by atoms with E-state index >= 15 is 0 Å². The monoisotopic (exact) mass is 398 g/mol. The number of amides is 2. The summed E-state index contributed by atoms with van der Waals surface area (Å²) in [4.78, 5) is 28.9. The molecule has 29 heavy (non-hydrogen) atoms. The van der Waals surface area contributed by atoms with Crippen LogP contribution in [0.3, 0.4) is 0 Å². The Bertz CT molecular complexity index is 835. The fourth-order valence-electron chi connectivity index (χ4n) is 3.26. The van der Waals surface area contributed by atoms with E-state index in [-0.39, 0.29) is 18.4 Å². The minimum Gasteiger partial charge on any atom is -0.497 e. The number of carbonyl (C=O) groups excluding carboxylic acids is 2. The van der Waals surface area contributed by atoms with E-state index in [1.54, 1.807) is 14.2 Å². The summed E-state index contributed by atoms with van der Waals surface area (Å²) >= 11 is 0. The molecule has 7 nitrogen and oxygen atoms in total. The van der Waals surface area contributed by atoms with Gasteiger partial charge in [0.1, 0.15) is 18.0 Å². The largest absolute Gasteiger partial charge is 0.497 e. The Morgan fingerprint density at radius 1 is 0.862 bits per heavy atom. The maximum atomic E-state index is 13.1. The molecule has 2 aromatic rings. The molecule has 0 aliphatic carbocycles. The summed E-state index contributed by atoms with van der Waals surface area (Å²) < 4.78 is 16.0. The number of nitrogens with zero attached hydrogens (tertiary/aromatic N) is 2. The highest BCUT2D eigenvalue weighted by molar-refractivity contribution is 5.94. The van der Waals surface area contributed by atoms with Gasteiger partial charge in [-0.25, -0.2) is 0 Å². The Kier molecular flexibility index (Phi) is 6.72. The molecule has 0 saturated carbocycles. The fraction of sp³-hybridized carbons (Fsp3) is 0.364. The van der Waals surface area contributed by atoms with E-state index in [0.29, 0.717) is 19.7 Å². The molecule has 0 spiro atoms. The van der Waals surface area contributed by atoms with Gasteiger partial charge in [0.15, 0.2) is 0 Å². The molecule has 7 heteroatoms. The van der Waals surface area contributed by atoms with Gasteiger partial charge < -0.3 is 24.0 Å². The Balaban J connectivity index is 1.74. The lowest BCUT2D eigenvalue weighted by Gasteiger charge is -2.39. The molecular weight excluding hydrogens is 372 g/mol. The average Bonchev–Trinajstić information content (AvgIpc) is 2.75. The molecular formula is C22H26N2O5. The first kappa shape index (κ1) is 20.7. The number of methoxy groups -OCH3 is 2. The Labute approximate surface area is 170 Å². The fourth-order valence-corrected chi connectivity index (χ4v) is 3.26. The van der Waals surface area contributed by atoms with Crippen LogP contribution in [-0.2, 0) is 27.4 Å². The van der Waals surface area contributed by atoms with Crippen molar-refractivity contribution in [2.24, 2.45) is 0 Å². The topological polar surface area (TPSA) is 68.3 Å². The molecule has 1 aliphatic rings. The van der Waals surface area contributed by atoms with Crippen molar-refractivity contribution in [3.8, 4) is 11.5 Å². The summed E-state index contributed by atoms with van der Waals surface area (Å²) in [5.41, 5.74) is 1.83. The summed E-state index contributed by atoms with van der Waals surface area (Å²) in [6, 6.07) is 14.9. The SMILES string of the molecule is CCOC1C(=O)N(Cc2ccc(OC)cc2)CC(=O)N1Cc1ccc(OC)cc1. The Hall–Kier alpha value is -3.06. The summed E-state index contributed by atoms with van der Waals surface area (Å²) in [5, 5.41) is 0. The molecule has 2 amide bonds. The first-order valence-electron chi connectivity index (χ1n) is 9.51. The van der Waals surface area contributed by atoms with E-state index in [2.05, 4.69) is 0 Å². The molecule has 0 radical (unpaired) electrons. The first-order chi connectivity index (χ1) is 14.0. The third-order valence-corrected chi connectivity index (χ3v) is 4.82. The lowest BCUT2D eigenvalue weighted by atomic mass is 10.1. The first-order valence-corrected chi connectivity index (χ1v) is 9.51. The van der Waals surface area contributed by atoms with Crippen molar-refractivity contribution in [3.05, 3.63) is 59.7 Å². The minimum atomic E-state index is -0.929. The second-order valence-corrected chi connectivity index (χ2v) is 6.72. The van der Waals surface area contributed by atoms with Crippen molar-refractivity contribution in [2.75, 3.05) is 27.4 Å². The molecule has 1 saturated heterocycles. The van der Waals surface area contributed by atoms with Crippen LogP contribution in [0.25, 0.3) is 0 Å². The molecule has 1 aliphatic heterocycles. The summed E-state index contributed by atoms with van der Waals surface area (Å²) in [7, 11) is 3.20. The van der Waals surface area contributed by atoms with Crippen LogP contribution in [0.2, 0.25) is 0 Å². The van der Waals surface area contributed by atoms with E-state index in [0.717, 1.165) is 22.6 Å². The lowest BCUT2D eigenvalue weighted by Crippen LogP contribution is -2.60. The van der Waals surface area contributed by atoms with Gasteiger partial charge in [-0.2, -0.15) is 0 Å². The van der Waals surface area contributed by atoms with Crippen molar-refractivity contribution in [1.29, 1.82) is 0 Å². The van der Waals surface area contributed by atoms with Gasteiger partial charge in [-0.05, 0) is 42.3 Å². The number of hydrogen-bond acceptors (Lipinski definition) is 5. The van der Waals surface area contributed by atoms with Crippen LogP contribution in [0.1, 0.15) is 18.1 Å². The lowest BCUT2D eigenvalue weighted by molar-refractivity contribution is -0.178. The van der Waals surface area contributed by atoms with E-state index in [1.165, 1.54) is 9.80 Å². The molecule has 0 N–H and O–H groups in total. The van der Waals surface area contributed by atoms with Crippen LogP contribution in [-0.4, -0.2) is 55.2 Å². The van der Waals surface area contributed by atoms with Crippen molar-refractivity contribution in [1.82, 2.24) is 9.80 Å². The van der Waals surface area contributed by atoms with Gasteiger partial charge in [-0.1, -0.05) is 24.3 Å². The quantitative estimate of drug-likeness (QED) is 0.683.